The molecule has 0 unspecified atom stereocenters. The van der Waals surface area contributed by atoms with Crippen LogP contribution in [0.3, 0.4) is 0 Å². The van der Waals surface area contributed by atoms with Gasteiger partial charge in [-0.2, -0.15) is 0 Å². The summed E-state index contributed by atoms with van der Waals surface area (Å²) in [7, 11) is 0. The maximum absolute atomic E-state index is 3.93. The van der Waals surface area contributed by atoms with Gasteiger partial charge in [0.1, 0.15) is 13.1 Å². The average Bonchev–Trinajstić information content (AvgIpc) is 2.74. The maximum atomic E-state index is 3.93. The third-order valence-electron chi connectivity index (χ3n) is 5.24. The second-order valence-electron chi connectivity index (χ2n) is 7.79. The van der Waals surface area contributed by atoms with E-state index in [0.717, 1.165) is 81.0 Å². The molecular weight excluding hydrogens is 378 g/mol. The zero-order valence-electron chi connectivity index (χ0n) is 20.1. The molecule has 3 nitrogen and oxygen atoms in total. The van der Waals surface area contributed by atoms with E-state index in [4.69, 9.17) is 0 Å². The minimum atomic E-state index is 0.817. The van der Waals surface area contributed by atoms with Gasteiger partial charge in [0.25, 0.3) is 0 Å². The molecule has 0 rings (SSSR count). The molecule has 0 aliphatic heterocycles. The summed E-state index contributed by atoms with van der Waals surface area (Å²) in [5.41, 5.74) is 0. The Morgan fingerprint density at radius 2 is 0.710 bits per heavy atom. The minimum Gasteiger partial charge on any atom is -0.309 e. The molecule has 173 valence electrons. The highest BCUT2D eigenvalue weighted by Crippen LogP contribution is 2.14. The molecule has 0 fully saturated rings. The molecule has 0 bridgehead atoms. The van der Waals surface area contributed by atoms with Crippen LogP contribution < -0.4 is 0 Å². The van der Waals surface area contributed by atoms with Crippen LogP contribution in [-0.4, -0.2) is 85.9 Å². The summed E-state index contributed by atoms with van der Waals surface area (Å²) in [6.07, 6.45) is 15.7. The predicted molar refractivity (Wildman–Crippen MR) is 143 cm³/mol. The number of hydrogen-bond donors (Lipinski definition) is 0. The summed E-state index contributed by atoms with van der Waals surface area (Å²) in [4.78, 5) is 2.14. The molecule has 0 amide bonds. The smallest absolute Gasteiger partial charge is 0.129 e. The lowest BCUT2D eigenvalue weighted by molar-refractivity contribution is -0.966. The van der Waals surface area contributed by atoms with E-state index in [2.05, 4.69) is 64.5 Å². The third kappa shape index (κ3) is 13.7. The van der Waals surface area contributed by atoms with Gasteiger partial charge in [-0.1, -0.05) is 51.6 Å². The lowest BCUT2D eigenvalue weighted by Crippen LogP contribution is -2.58. The summed E-state index contributed by atoms with van der Waals surface area (Å²) >= 11 is 0. The Morgan fingerprint density at radius 3 is 0.871 bits per heavy atom. The van der Waals surface area contributed by atoms with Crippen molar-refractivity contribution in [1.29, 1.82) is 0 Å². The van der Waals surface area contributed by atoms with Gasteiger partial charge in [0.2, 0.25) is 0 Å². The summed E-state index contributed by atoms with van der Waals surface area (Å²) in [6.45, 7) is 44.8. The van der Waals surface area contributed by atoms with Gasteiger partial charge in [-0.25, -0.2) is 0 Å². The molecule has 1 radical (unpaired) electrons. The molecule has 0 aromatic heterocycles. The molecule has 0 aliphatic rings. The SMILES string of the molecule is C=CC[N+](CC=C)(CC=C)CC[N+](CC=C)(CC=C)CC=C.[CH2]CN(CC=C)CC=C. The van der Waals surface area contributed by atoms with E-state index < -0.39 is 0 Å². The molecule has 0 saturated heterocycles. The van der Waals surface area contributed by atoms with E-state index in [9.17, 15) is 0 Å². The fraction of sp³-hybridized carbons (Fsp3) is 0.393. The van der Waals surface area contributed by atoms with Crippen molar-refractivity contribution in [3.05, 3.63) is 108 Å². The molecule has 0 heterocycles. The quantitative estimate of drug-likeness (QED) is 0.190. The summed E-state index contributed by atoms with van der Waals surface area (Å²) in [6, 6.07) is 0. The topological polar surface area (TPSA) is 3.24 Å². The van der Waals surface area contributed by atoms with Crippen molar-refractivity contribution < 1.29 is 8.97 Å². The molecule has 31 heavy (non-hydrogen) atoms. The first kappa shape index (κ1) is 31.0. The minimum absolute atomic E-state index is 0.817. The summed E-state index contributed by atoms with van der Waals surface area (Å²) < 4.78 is 1.84. The number of quaternary nitrogens is 2. The van der Waals surface area contributed by atoms with Gasteiger partial charge >= 0.3 is 0 Å². The Labute approximate surface area is 194 Å². The molecule has 0 atom stereocenters. The fourth-order valence-electron chi connectivity index (χ4n) is 3.68. The van der Waals surface area contributed by atoms with Crippen molar-refractivity contribution in [3.63, 3.8) is 0 Å². The van der Waals surface area contributed by atoms with Gasteiger partial charge in [0, 0.05) is 13.1 Å². The second kappa shape index (κ2) is 19.7. The Morgan fingerprint density at radius 1 is 0.452 bits per heavy atom. The van der Waals surface area contributed by atoms with Crippen LogP contribution in [0.4, 0.5) is 0 Å². The van der Waals surface area contributed by atoms with Crippen molar-refractivity contribution in [1.82, 2.24) is 4.90 Å². The van der Waals surface area contributed by atoms with Gasteiger partial charge in [-0.05, 0) is 49.9 Å². The van der Waals surface area contributed by atoms with Gasteiger partial charge in [-0.15, -0.1) is 13.2 Å². The Balaban J connectivity index is 0. The molecule has 3 heteroatoms. The summed E-state index contributed by atoms with van der Waals surface area (Å²) in [5.74, 6) is 0. The molecule has 0 spiro atoms. The fourth-order valence-corrected chi connectivity index (χ4v) is 3.68. The first-order chi connectivity index (χ1) is 14.9. The molecule has 0 saturated carbocycles. The largest absolute Gasteiger partial charge is 0.309 e. The molecule has 0 aliphatic carbocycles. The van der Waals surface area contributed by atoms with Gasteiger partial charge < -0.3 is 8.97 Å². The Kier molecular flexibility index (Phi) is 19.7. The van der Waals surface area contributed by atoms with Gasteiger partial charge in [0.05, 0.1) is 39.3 Å². The maximum Gasteiger partial charge on any atom is 0.129 e. The highest BCUT2D eigenvalue weighted by Gasteiger charge is 2.30. The first-order valence-corrected chi connectivity index (χ1v) is 11.0. The zero-order chi connectivity index (χ0) is 24.0. The van der Waals surface area contributed by atoms with Gasteiger partial charge in [-0.3, -0.25) is 4.90 Å². The van der Waals surface area contributed by atoms with E-state index in [1.54, 1.807) is 0 Å². The van der Waals surface area contributed by atoms with Crippen molar-refractivity contribution in [2.24, 2.45) is 0 Å². The van der Waals surface area contributed by atoms with Crippen LogP contribution in [0.15, 0.2) is 101 Å². The normalized spacial score (nSPS) is 10.9. The third-order valence-corrected chi connectivity index (χ3v) is 5.24. The zero-order valence-corrected chi connectivity index (χ0v) is 20.1. The summed E-state index contributed by atoms with van der Waals surface area (Å²) in [5, 5.41) is 0. The lowest BCUT2D eigenvalue weighted by atomic mass is 10.2. The monoisotopic (exact) mass is 426 g/mol. The Bertz CT molecular complexity index is 458. The van der Waals surface area contributed by atoms with E-state index in [0.29, 0.717) is 0 Å². The van der Waals surface area contributed by atoms with Crippen LogP contribution in [0.25, 0.3) is 0 Å². The van der Waals surface area contributed by atoms with E-state index in [-0.39, 0.29) is 0 Å². The van der Waals surface area contributed by atoms with E-state index in [1.165, 1.54) is 0 Å². The van der Waals surface area contributed by atoms with Crippen molar-refractivity contribution in [2.45, 2.75) is 0 Å². The van der Waals surface area contributed by atoms with Crippen LogP contribution in [0.5, 0.6) is 0 Å². The van der Waals surface area contributed by atoms with E-state index in [1.807, 2.05) is 48.6 Å². The van der Waals surface area contributed by atoms with Crippen LogP contribution in [0.2, 0.25) is 0 Å². The van der Waals surface area contributed by atoms with Crippen LogP contribution in [0, 0.1) is 6.92 Å². The molecule has 0 aromatic carbocycles. The predicted octanol–water partition coefficient (Wildman–Crippen LogP) is 5.23. The van der Waals surface area contributed by atoms with Crippen molar-refractivity contribution in [3.8, 4) is 0 Å². The molecular formula is C28H48N3+2. The Hall–Kier alpha value is -2.20. The number of rotatable bonds is 20. The number of hydrogen-bond acceptors (Lipinski definition) is 1. The van der Waals surface area contributed by atoms with Crippen molar-refractivity contribution >= 4 is 0 Å². The average molecular weight is 427 g/mol. The standard InChI is InChI=1S/C20H34N2.C8H14N/c1-7-13-21(14-8-2,15-9-3)19-20-22(16-10-4,17-11-5)18-12-6;1-4-7-9(6-3)8-5-2/h7-12H,1-6,13-20H2;4-5H,1-3,6-8H2/q+2;. The first-order valence-electron chi connectivity index (χ1n) is 11.0. The van der Waals surface area contributed by atoms with Crippen molar-refractivity contribution in [2.75, 3.05) is 72.0 Å². The van der Waals surface area contributed by atoms with Gasteiger partial charge in [0.15, 0.2) is 0 Å². The van der Waals surface area contributed by atoms with Crippen LogP contribution in [-0.2, 0) is 0 Å². The highest BCUT2D eigenvalue weighted by molar-refractivity contribution is 4.80. The lowest BCUT2D eigenvalue weighted by Gasteiger charge is -2.42. The molecule has 0 N–H and O–H groups in total. The highest BCUT2D eigenvalue weighted by atomic mass is 15.4. The second-order valence-corrected chi connectivity index (χ2v) is 7.79. The van der Waals surface area contributed by atoms with Crippen LogP contribution in [0.1, 0.15) is 0 Å². The van der Waals surface area contributed by atoms with E-state index >= 15 is 0 Å². The molecule has 0 aromatic rings. The number of nitrogens with zero attached hydrogens (tertiary/aromatic N) is 3. The van der Waals surface area contributed by atoms with Crippen LogP contribution >= 0.6 is 0 Å².